The fourth-order valence-corrected chi connectivity index (χ4v) is 2.34. The molecule has 0 radical (unpaired) electrons. The average Bonchev–Trinajstić information content (AvgIpc) is 3.03. The van der Waals surface area contributed by atoms with Gasteiger partial charge >= 0.3 is 0 Å². The first-order valence-corrected chi connectivity index (χ1v) is 5.77. The van der Waals surface area contributed by atoms with Gasteiger partial charge in [-0.15, -0.1) is 0 Å². The first-order valence-electron chi connectivity index (χ1n) is 5.77. The third-order valence-corrected chi connectivity index (χ3v) is 3.16. The summed E-state index contributed by atoms with van der Waals surface area (Å²) in [7, 11) is 0. The molecule has 0 saturated heterocycles. The predicted octanol–water partition coefficient (Wildman–Crippen LogP) is 3.48. The summed E-state index contributed by atoms with van der Waals surface area (Å²) in [6.45, 7) is 1.70. The van der Waals surface area contributed by atoms with Crippen molar-refractivity contribution < 1.29 is 0 Å². The van der Waals surface area contributed by atoms with Gasteiger partial charge in [0.15, 0.2) is 0 Å². The van der Waals surface area contributed by atoms with Crippen molar-refractivity contribution in [3.05, 3.63) is 35.4 Å². The highest BCUT2D eigenvalue weighted by molar-refractivity contribution is 5.33. The maximum Gasteiger partial charge on any atom is 0.0979 e. The van der Waals surface area contributed by atoms with Gasteiger partial charge in [0.2, 0.25) is 0 Å². The Bertz CT molecular complexity index is 397. The van der Waals surface area contributed by atoms with Crippen LogP contribution in [0.2, 0.25) is 0 Å². The third-order valence-electron chi connectivity index (χ3n) is 3.16. The average molecular weight is 214 g/mol. The van der Waals surface area contributed by atoms with Crippen LogP contribution < -0.4 is 0 Å². The van der Waals surface area contributed by atoms with Crippen molar-refractivity contribution in [2.45, 2.75) is 24.9 Å². The standard InChI is InChI=1S/C12H14N4/c1-2-4-10(12-6-8-14-16-12)9(3-1)11-5-7-13-15-11/h1-4,11-12H,5-8H2. The Morgan fingerprint density at radius 1 is 0.812 bits per heavy atom. The molecule has 0 N–H and O–H groups in total. The minimum Gasteiger partial charge on any atom is -0.193 e. The van der Waals surface area contributed by atoms with Crippen molar-refractivity contribution in [3.63, 3.8) is 0 Å². The normalized spacial score (nSPS) is 27.8. The minimum atomic E-state index is 0.243. The van der Waals surface area contributed by atoms with E-state index in [1.807, 2.05) is 0 Å². The van der Waals surface area contributed by atoms with Crippen LogP contribution in [0.25, 0.3) is 0 Å². The highest BCUT2D eigenvalue weighted by atomic mass is 15.2. The number of nitrogens with zero attached hydrogens (tertiary/aromatic N) is 4. The molecule has 2 heterocycles. The van der Waals surface area contributed by atoms with Crippen molar-refractivity contribution in [1.82, 2.24) is 0 Å². The smallest absolute Gasteiger partial charge is 0.0979 e. The predicted molar refractivity (Wildman–Crippen MR) is 60.6 cm³/mol. The van der Waals surface area contributed by atoms with Crippen LogP contribution in [-0.2, 0) is 0 Å². The molecule has 0 fully saturated rings. The van der Waals surface area contributed by atoms with E-state index in [2.05, 4.69) is 44.7 Å². The summed E-state index contributed by atoms with van der Waals surface area (Å²) in [6.07, 6.45) is 2.06. The second-order valence-electron chi connectivity index (χ2n) is 4.20. The maximum absolute atomic E-state index is 4.29. The number of hydrogen-bond acceptors (Lipinski definition) is 4. The van der Waals surface area contributed by atoms with E-state index < -0.39 is 0 Å². The SMILES string of the molecule is c1ccc(C2CCN=N2)c(C2CCN=N2)c1. The van der Waals surface area contributed by atoms with Crippen LogP contribution >= 0.6 is 0 Å². The molecule has 2 atom stereocenters. The van der Waals surface area contributed by atoms with Gasteiger partial charge in [0, 0.05) is 0 Å². The molecular formula is C12H14N4. The maximum atomic E-state index is 4.29. The Labute approximate surface area is 94.5 Å². The lowest BCUT2D eigenvalue weighted by Gasteiger charge is -2.14. The Morgan fingerprint density at radius 3 is 1.69 bits per heavy atom. The number of rotatable bonds is 2. The lowest BCUT2D eigenvalue weighted by molar-refractivity contribution is 0.682. The van der Waals surface area contributed by atoms with Crippen LogP contribution in [0.1, 0.15) is 36.1 Å². The van der Waals surface area contributed by atoms with Crippen LogP contribution in [0.3, 0.4) is 0 Å². The van der Waals surface area contributed by atoms with E-state index in [0.29, 0.717) is 0 Å². The van der Waals surface area contributed by atoms with Crippen molar-refractivity contribution in [2.24, 2.45) is 20.5 Å². The lowest BCUT2D eigenvalue weighted by atomic mass is 9.93. The van der Waals surface area contributed by atoms with E-state index in [9.17, 15) is 0 Å². The zero-order chi connectivity index (χ0) is 10.8. The van der Waals surface area contributed by atoms with Gasteiger partial charge in [0.25, 0.3) is 0 Å². The van der Waals surface area contributed by atoms with Crippen LogP contribution in [0.4, 0.5) is 0 Å². The summed E-state index contributed by atoms with van der Waals surface area (Å²) in [5.74, 6) is 0. The highest BCUT2D eigenvalue weighted by Crippen LogP contribution is 2.35. The second kappa shape index (κ2) is 4.12. The van der Waals surface area contributed by atoms with Crippen LogP contribution in [0.15, 0.2) is 44.7 Å². The second-order valence-corrected chi connectivity index (χ2v) is 4.20. The minimum absolute atomic E-state index is 0.243. The van der Waals surface area contributed by atoms with Crippen LogP contribution in [0.5, 0.6) is 0 Å². The monoisotopic (exact) mass is 214 g/mol. The van der Waals surface area contributed by atoms with Gasteiger partial charge < -0.3 is 0 Å². The molecule has 4 nitrogen and oxygen atoms in total. The molecule has 2 aliphatic rings. The van der Waals surface area contributed by atoms with Crippen molar-refractivity contribution in [1.29, 1.82) is 0 Å². The van der Waals surface area contributed by atoms with Gasteiger partial charge in [-0.3, -0.25) is 0 Å². The molecule has 0 aromatic heterocycles. The van der Waals surface area contributed by atoms with Crippen molar-refractivity contribution in [2.75, 3.05) is 13.1 Å². The summed E-state index contributed by atoms with van der Waals surface area (Å²) in [4.78, 5) is 0. The highest BCUT2D eigenvalue weighted by Gasteiger charge is 2.23. The van der Waals surface area contributed by atoms with Gasteiger partial charge in [-0.2, -0.15) is 20.5 Å². The summed E-state index contributed by atoms with van der Waals surface area (Å²) in [5, 5.41) is 16.7. The van der Waals surface area contributed by atoms with E-state index >= 15 is 0 Å². The van der Waals surface area contributed by atoms with Crippen LogP contribution in [0, 0.1) is 0 Å². The summed E-state index contributed by atoms with van der Waals surface area (Å²) in [6, 6.07) is 8.92. The largest absolute Gasteiger partial charge is 0.193 e. The Morgan fingerprint density at radius 2 is 1.31 bits per heavy atom. The number of benzene rings is 1. The van der Waals surface area contributed by atoms with E-state index in [1.54, 1.807) is 0 Å². The first kappa shape index (κ1) is 9.63. The first-order chi connectivity index (χ1) is 7.95. The molecule has 2 aliphatic heterocycles. The van der Waals surface area contributed by atoms with Crippen molar-refractivity contribution >= 4 is 0 Å². The summed E-state index contributed by atoms with van der Waals surface area (Å²) < 4.78 is 0. The zero-order valence-electron chi connectivity index (χ0n) is 9.08. The molecule has 1 aromatic carbocycles. The number of hydrogen-bond donors (Lipinski definition) is 0. The van der Waals surface area contributed by atoms with Gasteiger partial charge in [0.1, 0.15) is 0 Å². The Kier molecular flexibility index (Phi) is 2.48. The molecule has 0 saturated carbocycles. The van der Waals surface area contributed by atoms with Crippen molar-refractivity contribution in [3.8, 4) is 0 Å². The molecule has 0 aliphatic carbocycles. The van der Waals surface area contributed by atoms with Crippen LogP contribution in [-0.4, -0.2) is 13.1 Å². The molecule has 82 valence electrons. The van der Waals surface area contributed by atoms with E-state index in [1.165, 1.54) is 11.1 Å². The number of azo groups is 2. The van der Waals surface area contributed by atoms with E-state index in [4.69, 9.17) is 0 Å². The molecule has 0 bridgehead atoms. The lowest BCUT2D eigenvalue weighted by Crippen LogP contribution is -2.02. The topological polar surface area (TPSA) is 49.4 Å². The van der Waals surface area contributed by atoms with Gasteiger partial charge in [-0.25, -0.2) is 0 Å². The fourth-order valence-electron chi connectivity index (χ4n) is 2.34. The third kappa shape index (κ3) is 1.64. The summed E-state index contributed by atoms with van der Waals surface area (Å²) >= 11 is 0. The van der Waals surface area contributed by atoms with E-state index in [0.717, 1.165) is 25.9 Å². The van der Waals surface area contributed by atoms with Gasteiger partial charge in [-0.05, 0) is 24.0 Å². The molecule has 3 rings (SSSR count). The molecular weight excluding hydrogens is 200 g/mol. The summed E-state index contributed by atoms with van der Waals surface area (Å²) in [5.41, 5.74) is 2.57. The Balaban J connectivity index is 1.96. The molecule has 2 unspecified atom stereocenters. The molecule has 0 amide bonds. The quantitative estimate of drug-likeness (QED) is 0.723. The molecule has 16 heavy (non-hydrogen) atoms. The van der Waals surface area contributed by atoms with Gasteiger partial charge in [-0.1, -0.05) is 24.3 Å². The Hall–Kier alpha value is -1.58. The molecule has 4 heteroatoms. The van der Waals surface area contributed by atoms with E-state index in [-0.39, 0.29) is 12.1 Å². The fraction of sp³-hybridized carbons (Fsp3) is 0.500. The molecule has 1 aromatic rings. The molecule has 0 spiro atoms. The van der Waals surface area contributed by atoms with Gasteiger partial charge in [0.05, 0.1) is 25.2 Å². The zero-order valence-corrected chi connectivity index (χ0v) is 9.08.